The van der Waals surface area contributed by atoms with E-state index in [2.05, 4.69) is 21.8 Å². The normalized spacial score (nSPS) is 10.6. The van der Waals surface area contributed by atoms with Gasteiger partial charge in [-0.15, -0.1) is 10.2 Å². The first kappa shape index (κ1) is 19.5. The minimum atomic E-state index is -0.292. The van der Waals surface area contributed by atoms with E-state index < -0.39 is 0 Å². The molecular formula is C22H24N4O2. The van der Waals surface area contributed by atoms with Gasteiger partial charge < -0.3 is 9.30 Å². The summed E-state index contributed by atoms with van der Waals surface area (Å²) < 4.78 is 7.00. The highest BCUT2D eigenvalue weighted by molar-refractivity contribution is 5.89. The number of hydrogen-bond donors (Lipinski definition) is 0. The first-order valence-corrected chi connectivity index (χ1v) is 9.30. The van der Waals surface area contributed by atoms with Crippen molar-refractivity contribution >= 4 is 5.97 Å². The molecule has 0 saturated carbocycles. The first-order chi connectivity index (χ1) is 13.6. The van der Waals surface area contributed by atoms with Crippen LogP contribution in [-0.4, -0.2) is 32.3 Å². The van der Waals surface area contributed by atoms with Gasteiger partial charge in [0.1, 0.15) is 5.82 Å². The van der Waals surface area contributed by atoms with Crippen LogP contribution in [0.5, 0.6) is 0 Å². The number of allylic oxidation sites excluding steroid dienone is 1. The van der Waals surface area contributed by atoms with Crippen LogP contribution in [0, 0.1) is 0 Å². The van der Waals surface area contributed by atoms with Gasteiger partial charge in [-0.05, 0) is 49.6 Å². The fourth-order valence-electron chi connectivity index (χ4n) is 2.96. The zero-order valence-electron chi connectivity index (χ0n) is 16.3. The molecule has 28 heavy (non-hydrogen) atoms. The third-order valence-electron chi connectivity index (χ3n) is 4.51. The van der Waals surface area contributed by atoms with Crippen LogP contribution >= 0.6 is 0 Å². The number of aryl methyl sites for hydroxylation is 1. The summed E-state index contributed by atoms with van der Waals surface area (Å²) >= 11 is 0. The highest BCUT2D eigenvalue weighted by Gasteiger charge is 2.11. The molecule has 0 unspecified atom stereocenters. The lowest BCUT2D eigenvalue weighted by Gasteiger charge is -2.08. The number of esters is 1. The highest BCUT2D eigenvalue weighted by Crippen LogP contribution is 2.18. The van der Waals surface area contributed by atoms with Gasteiger partial charge >= 0.3 is 5.97 Å². The summed E-state index contributed by atoms with van der Waals surface area (Å²) in [7, 11) is 1.97. The fraction of sp³-hybridized carbons (Fsp3) is 0.273. The van der Waals surface area contributed by atoms with Gasteiger partial charge in [-0.3, -0.25) is 4.98 Å². The molecular weight excluding hydrogens is 352 g/mol. The number of hydrogen-bond acceptors (Lipinski definition) is 5. The monoisotopic (exact) mass is 376 g/mol. The van der Waals surface area contributed by atoms with Crippen molar-refractivity contribution in [2.75, 3.05) is 6.61 Å². The van der Waals surface area contributed by atoms with E-state index in [1.54, 1.807) is 31.5 Å². The molecule has 0 spiro atoms. The average molecular weight is 376 g/mol. The van der Waals surface area contributed by atoms with Crippen molar-refractivity contribution in [3.63, 3.8) is 0 Å². The predicted octanol–water partition coefficient (Wildman–Crippen LogP) is 3.79. The van der Waals surface area contributed by atoms with E-state index in [0.717, 1.165) is 47.6 Å². The smallest absolute Gasteiger partial charge is 0.338 e. The minimum Gasteiger partial charge on any atom is -0.462 e. The Labute approximate surface area is 164 Å². The molecule has 3 rings (SSSR count). The third-order valence-corrected chi connectivity index (χ3v) is 4.51. The molecule has 2 heterocycles. The molecule has 0 bridgehead atoms. The number of ether oxygens (including phenoxy) is 1. The average Bonchev–Trinajstić information content (AvgIpc) is 3.08. The standard InChI is InChI=1S/C22H24N4O2/c1-4-28-22(27)18-10-8-17(9-11-18)14-16(2)7-12-20-24-25-21(26(20)3)19-6-5-13-23-15-19/h5-6,8-11,13,15H,2,4,7,12,14H2,1,3H3. The summed E-state index contributed by atoms with van der Waals surface area (Å²) in [4.78, 5) is 15.9. The Morgan fingerprint density at radius 1 is 1.18 bits per heavy atom. The molecule has 1 aromatic carbocycles. The molecule has 0 atom stereocenters. The zero-order chi connectivity index (χ0) is 19.9. The summed E-state index contributed by atoms with van der Waals surface area (Å²) in [5.41, 5.74) is 3.74. The minimum absolute atomic E-state index is 0.292. The number of nitrogens with zero attached hydrogens (tertiary/aromatic N) is 4. The molecule has 0 radical (unpaired) electrons. The maximum Gasteiger partial charge on any atom is 0.338 e. The molecule has 0 fully saturated rings. The van der Waals surface area contributed by atoms with Gasteiger partial charge in [0.05, 0.1) is 12.2 Å². The zero-order valence-corrected chi connectivity index (χ0v) is 16.3. The highest BCUT2D eigenvalue weighted by atomic mass is 16.5. The molecule has 0 amide bonds. The molecule has 6 nitrogen and oxygen atoms in total. The SMILES string of the molecule is C=C(CCc1nnc(-c2cccnc2)n1C)Cc1ccc(C(=O)OCC)cc1. The lowest BCUT2D eigenvalue weighted by Crippen LogP contribution is -2.04. The molecule has 2 aromatic heterocycles. The van der Waals surface area contributed by atoms with Gasteiger partial charge in [0.15, 0.2) is 5.82 Å². The van der Waals surface area contributed by atoms with Crippen LogP contribution in [0.25, 0.3) is 11.4 Å². The van der Waals surface area contributed by atoms with E-state index in [9.17, 15) is 4.79 Å². The van der Waals surface area contributed by atoms with Gasteiger partial charge in [-0.25, -0.2) is 4.79 Å². The maximum absolute atomic E-state index is 11.7. The van der Waals surface area contributed by atoms with Crippen LogP contribution in [0.4, 0.5) is 0 Å². The lowest BCUT2D eigenvalue weighted by atomic mass is 10.0. The second-order valence-electron chi connectivity index (χ2n) is 6.58. The largest absolute Gasteiger partial charge is 0.462 e. The summed E-state index contributed by atoms with van der Waals surface area (Å²) in [5, 5.41) is 8.60. The van der Waals surface area contributed by atoms with Gasteiger partial charge in [0.2, 0.25) is 0 Å². The van der Waals surface area contributed by atoms with Crippen LogP contribution in [0.15, 0.2) is 60.9 Å². The number of benzene rings is 1. The van der Waals surface area contributed by atoms with Crippen molar-refractivity contribution in [1.29, 1.82) is 0 Å². The maximum atomic E-state index is 11.7. The van der Waals surface area contributed by atoms with Crippen LogP contribution in [0.1, 0.15) is 35.1 Å². The number of rotatable bonds is 8. The molecule has 0 aliphatic rings. The summed E-state index contributed by atoms with van der Waals surface area (Å²) in [6.45, 7) is 6.36. The van der Waals surface area contributed by atoms with E-state index in [4.69, 9.17) is 4.74 Å². The van der Waals surface area contributed by atoms with Gasteiger partial charge in [0, 0.05) is 31.4 Å². The summed E-state index contributed by atoms with van der Waals surface area (Å²) in [6, 6.07) is 11.3. The number of aromatic nitrogens is 4. The Hall–Kier alpha value is -3.28. The molecule has 0 saturated heterocycles. The molecule has 0 aliphatic carbocycles. The topological polar surface area (TPSA) is 69.9 Å². The molecule has 6 heteroatoms. The van der Waals surface area contributed by atoms with Crippen molar-refractivity contribution in [1.82, 2.24) is 19.7 Å². The Balaban J connectivity index is 1.56. The predicted molar refractivity (Wildman–Crippen MR) is 108 cm³/mol. The first-order valence-electron chi connectivity index (χ1n) is 9.30. The van der Waals surface area contributed by atoms with Crippen LogP contribution in [-0.2, 0) is 24.6 Å². The summed E-state index contributed by atoms with van der Waals surface area (Å²) in [5.74, 6) is 1.43. The van der Waals surface area contributed by atoms with E-state index in [-0.39, 0.29) is 5.97 Å². The molecule has 0 N–H and O–H groups in total. The van der Waals surface area contributed by atoms with Crippen LogP contribution in [0.3, 0.4) is 0 Å². The van der Waals surface area contributed by atoms with E-state index in [1.165, 1.54) is 0 Å². The molecule has 0 aliphatic heterocycles. The Morgan fingerprint density at radius 3 is 2.64 bits per heavy atom. The van der Waals surface area contributed by atoms with Crippen molar-refractivity contribution < 1.29 is 9.53 Å². The fourth-order valence-corrected chi connectivity index (χ4v) is 2.96. The lowest BCUT2D eigenvalue weighted by molar-refractivity contribution is 0.0526. The van der Waals surface area contributed by atoms with Crippen LogP contribution < -0.4 is 0 Å². The molecule has 3 aromatic rings. The van der Waals surface area contributed by atoms with Crippen LogP contribution in [0.2, 0.25) is 0 Å². The van der Waals surface area contributed by atoms with E-state index in [1.807, 2.05) is 35.9 Å². The summed E-state index contributed by atoms with van der Waals surface area (Å²) in [6.07, 6.45) is 5.87. The second-order valence-corrected chi connectivity index (χ2v) is 6.58. The quantitative estimate of drug-likeness (QED) is 0.442. The number of pyridine rings is 1. The van der Waals surface area contributed by atoms with Gasteiger partial charge in [0.25, 0.3) is 0 Å². The second kappa shape index (κ2) is 9.08. The van der Waals surface area contributed by atoms with Gasteiger partial charge in [-0.1, -0.05) is 24.3 Å². The Kier molecular flexibility index (Phi) is 6.32. The molecule has 144 valence electrons. The van der Waals surface area contributed by atoms with Gasteiger partial charge in [-0.2, -0.15) is 0 Å². The van der Waals surface area contributed by atoms with E-state index >= 15 is 0 Å². The van der Waals surface area contributed by atoms with Crippen molar-refractivity contribution in [2.24, 2.45) is 7.05 Å². The van der Waals surface area contributed by atoms with E-state index in [0.29, 0.717) is 12.2 Å². The Morgan fingerprint density at radius 2 is 1.96 bits per heavy atom. The van der Waals surface area contributed by atoms with Crippen molar-refractivity contribution in [2.45, 2.75) is 26.2 Å². The third kappa shape index (κ3) is 4.71. The number of carbonyl (C=O) groups is 1. The van der Waals surface area contributed by atoms with Crippen molar-refractivity contribution in [3.05, 3.63) is 77.9 Å². The van der Waals surface area contributed by atoms with Crippen molar-refractivity contribution in [3.8, 4) is 11.4 Å². The number of carbonyl (C=O) groups excluding carboxylic acids is 1. The Bertz CT molecular complexity index is 946.